The summed E-state index contributed by atoms with van der Waals surface area (Å²) in [6.45, 7) is 6.24. The summed E-state index contributed by atoms with van der Waals surface area (Å²) in [6.07, 6.45) is -3.29. The lowest BCUT2D eigenvalue weighted by Crippen LogP contribution is -2.10. The Morgan fingerprint density at radius 2 is 1.69 bits per heavy atom. The van der Waals surface area contributed by atoms with Crippen LogP contribution in [0.25, 0.3) is 22.5 Å². The number of aromatic nitrogens is 3. The third-order valence-corrected chi connectivity index (χ3v) is 4.54. The highest BCUT2D eigenvalue weighted by atomic mass is 35.5. The zero-order valence-electron chi connectivity index (χ0n) is 14.6. The van der Waals surface area contributed by atoms with E-state index in [-0.39, 0.29) is 21.9 Å². The molecule has 0 spiro atoms. The second-order valence-corrected chi connectivity index (χ2v) is 7.39. The fourth-order valence-corrected chi connectivity index (χ4v) is 2.89. The van der Waals surface area contributed by atoms with E-state index < -0.39 is 11.9 Å². The van der Waals surface area contributed by atoms with Gasteiger partial charge in [0.05, 0.1) is 11.8 Å². The predicted octanol–water partition coefficient (Wildman–Crippen LogP) is 5.71. The summed E-state index contributed by atoms with van der Waals surface area (Å²) >= 11 is 6.07. The molecule has 26 heavy (non-hydrogen) atoms. The third kappa shape index (κ3) is 3.23. The number of hydrogen-bond acceptors (Lipinski definition) is 3. The molecule has 0 N–H and O–H groups in total. The Hall–Kier alpha value is -2.28. The van der Waals surface area contributed by atoms with Gasteiger partial charge in [-0.25, -0.2) is 0 Å². The first-order valence-electron chi connectivity index (χ1n) is 7.86. The van der Waals surface area contributed by atoms with E-state index in [1.54, 1.807) is 0 Å². The maximum Gasteiger partial charge on any atom is 0.435 e. The van der Waals surface area contributed by atoms with Gasteiger partial charge in [-0.2, -0.15) is 18.3 Å². The molecular weight excluding hydrogens is 367 g/mol. The molecule has 0 bridgehead atoms. The molecule has 0 fully saturated rings. The SMILES string of the molecule is Cn1nc(C(F)(F)F)c(-c2oncc2-c2ccc(C(C)(C)C)cc2)c1Cl. The van der Waals surface area contributed by atoms with Crippen LogP contribution in [0.3, 0.4) is 0 Å². The van der Waals surface area contributed by atoms with Crippen LogP contribution in [0.15, 0.2) is 35.0 Å². The number of halogens is 4. The zero-order chi connectivity index (χ0) is 19.3. The van der Waals surface area contributed by atoms with Crippen LogP contribution >= 0.6 is 11.6 Å². The van der Waals surface area contributed by atoms with Crippen LogP contribution in [-0.4, -0.2) is 14.9 Å². The highest BCUT2D eigenvalue weighted by molar-refractivity contribution is 6.32. The average molecular weight is 384 g/mol. The molecule has 3 rings (SSSR count). The van der Waals surface area contributed by atoms with Gasteiger partial charge in [0.1, 0.15) is 5.15 Å². The van der Waals surface area contributed by atoms with Crippen LogP contribution in [0.5, 0.6) is 0 Å². The summed E-state index contributed by atoms with van der Waals surface area (Å²) in [6, 6.07) is 7.52. The Balaban J connectivity index is 2.14. The number of aryl methyl sites for hydroxylation is 1. The quantitative estimate of drug-likeness (QED) is 0.569. The molecule has 3 aromatic rings. The Labute approximate surface area is 153 Å². The summed E-state index contributed by atoms with van der Waals surface area (Å²) in [7, 11) is 1.34. The van der Waals surface area contributed by atoms with Crippen molar-refractivity contribution in [1.82, 2.24) is 14.9 Å². The number of alkyl halides is 3. The van der Waals surface area contributed by atoms with E-state index in [1.165, 1.54) is 13.2 Å². The number of rotatable bonds is 2. The van der Waals surface area contributed by atoms with Crippen molar-refractivity contribution in [1.29, 1.82) is 0 Å². The van der Waals surface area contributed by atoms with Gasteiger partial charge in [0.15, 0.2) is 11.5 Å². The maximum atomic E-state index is 13.4. The molecule has 0 atom stereocenters. The van der Waals surface area contributed by atoms with Crippen molar-refractivity contribution in [2.24, 2.45) is 7.05 Å². The summed E-state index contributed by atoms with van der Waals surface area (Å²) in [5.74, 6) is -0.0565. The zero-order valence-corrected chi connectivity index (χ0v) is 15.4. The number of benzene rings is 1. The minimum Gasteiger partial charge on any atom is -0.355 e. The minimum atomic E-state index is -4.67. The maximum absolute atomic E-state index is 13.4. The molecule has 0 saturated carbocycles. The molecule has 0 aliphatic heterocycles. The molecule has 0 unspecified atom stereocenters. The van der Waals surface area contributed by atoms with E-state index in [2.05, 4.69) is 31.0 Å². The van der Waals surface area contributed by atoms with E-state index in [1.807, 2.05) is 24.3 Å². The summed E-state index contributed by atoms with van der Waals surface area (Å²) < 4.78 is 46.2. The molecule has 4 nitrogen and oxygen atoms in total. The molecule has 2 aromatic heterocycles. The molecule has 0 aliphatic rings. The highest BCUT2D eigenvalue weighted by Gasteiger charge is 2.41. The van der Waals surface area contributed by atoms with Crippen LogP contribution in [0.1, 0.15) is 32.0 Å². The van der Waals surface area contributed by atoms with Crippen molar-refractivity contribution in [3.05, 3.63) is 46.9 Å². The van der Waals surface area contributed by atoms with Gasteiger partial charge in [-0.15, -0.1) is 0 Å². The van der Waals surface area contributed by atoms with Gasteiger partial charge >= 0.3 is 6.18 Å². The number of nitrogens with zero attached hydrogens (tertiary/aromatic N) is 3. The Kier molecular flexibility index (Phi) is 4.38. The third-order valence-electron chi connectivity index (χ3n) is 4.11. The Bertz CT molecular complexity index is 934. The monoisotopic (exact) mass is 383 g/mol. The molecule has 0 aliphatic carbocycles. The second kappa shape index (κ2) is 6.16. The summed E-state index contributed by atoms with van der Waals surface area (Å²) in [5.41, 5.74) is 0.762. The molecular formula is C18H17ClF3N3O. The Morgan fingerprint density at radius 3 is 2.23 bits per heavy atom. The topological polar surface area (TPSA) is 43.9 Å². The standard InChI is InChI=1S/C18H17ClF3N3O/c1-17(2,3)11-7-5-10(6-8-11)12-9-23-26-14(12)13-15(18(20,21)22)24-25(4)16(13)19/h5-9H,1-4H3. The highest BCUT2D eigenvalue weighted by Crippen LogP contribution is 2.43. The van der Waals surface area contributed by atoms with Crippen LogP contribution in [0, 0.1) is 0 Å². The van der Waals surface area contributed by atoms with Crippen molar-refractivity contribution in [2.75, 3.05) is 0 Å². The molecule has 1 aromatic carbocycles. The van der Waals surface area contributed by atoms with Crippen LogP contribution in [0.2, 0.25) is 5.15 Å². The van der Waals surface area contributed by atoms with Crippen molar-refractivity contribution in [2.45, 2.75) is 32.4 Å². The molecule has 2 heterocycles. The number of hydrogen-bond donors (Lipinski definition) is 0. The average Bonchev–Trinajstić information content (AvgIpc) is 3.12. The molecule has 0 saturated heterocycles. The first-order valence-corrected chi connectivity index (χ1v) is 8.23. The van der Waals surface area contributed by atoms with Gasteiger partial charge in [0, 0.05) is 12.6 Å². The van der Waals surface area contributed by atoms with Gasteiger partial charge in [-0.05, 0) is 16.5 Å². The van der Waals surface area contributed by atoms with Crippen molar-refractivity contribution < 1.29 is 17.7 Å². The lowest BCUT2D eigenvalue weighted by molar-refractivity contribution is -0.141. The smallest absolute Gasteiger partial charge is 0.355 e. The fraction of sp³-hybridized carbons (Fsp3) is 0.333. The van der Waals surface area contributed by atoms with E-state index in [9.17, 15) is 13.2 Å². The van der Waals surface area contributed by atoms with E-state index in [0.29, 0.717) is 11.1 Å². The van der Waals surface area contributed by atoms with Crippen molar-refractivity contribution in [3.63, 3.8) is 0 Å². The molecule has 138 valence electrons. The second-order valence-electron chi connectivity index (χ2n) is 7.03. The van der Waals surface area contributed by atoms with Crippen molar-refractivity contribution in [3.8, 4) is 22.5 Å². The van der Waals surface area contributed by atoms with Gasteiger partial charge < -0.3 is 4.52 Å². The fourth-order valence-electron chi connectivity index (χ4n) is 2.68. The summed E-state index contributed by atoms with van der Waals surface area (Å²) in [4.78, 5) is 0. The van der Waals surface area contributed by atoms with Gasteiger partial charge in [0.2, 0.25) is 0 Å². The van der Waals surface area contributed by atoms with Crippen LogP contribution in [-0.2, 0) is 18.6 Å². The lowest BCUT2D eigenvalue weighted by Gasteiger charge is -2.19. The largest absolute Gasteiger partial charge is 0.435 e. The van der Waals surface area contributed by atoms with Gasteiger partial charge in [-0.3, -0.25) is 4.68 Å². The Morgan fingerprint density at radius 1 is 1.08 bits per heavy atom. The van der Waals surface area contributed by atoms with Gasteiger partial charge in [-0.1, -0.05) is 61.8 Å². The predicted molar refractivity (Wildman–Crippen MR) is 92.9 cm³/mol. The molecule has 0 radical (unpaired) electrons. The molecule has 0 amide bonds. The van der Waals surface area contributed by atoms with E-state index >= 15 is 0 Å². The summed E-state index contributed by atoms with van der Waals surface area (Å²) in [5, 5.41) is 7.01. The van der Waals surface area contributed by atoms with E-state index in [0.717, 1.165) is 10.2 Å². The first kappa shape index (κ1) is 18.5. The molecule has 8 heteroatoms. The van der Waals surface area contributed by atoms with E-state index in [4.69, 9.17) is 16.1 Å². The van der Waals surface area contributed by atoms with Crippen LogP contribution < -0.4 is 0 Å². The normalized spacial score (nSPS) is 12.6. The van der Waals surface area contributed by atoms with Gasteiger partial charge in [0.25, 0.3) is 0 Å². The van der Waals surface area contributed by atoms with Crippen LogP contribution in [0.4, 0.5) is 13.2 Å². The van der Waals surface area contributed by atoms with Crippen molar-refractivity contribution >= 4 is 11.6 Å². The lowest BCUT2D eigenvalue weighted by atomic mass is 9.86. The first-order chi connectivity index (χ1) is 12.0. The minimum absolute atomic E-state index is 0.0356.